The van der Waals surface area contributed by atoms with E-state index in [1.54, 1.807) is 0 Å². The average Bonchev–Trinajstić information content (AvgIpc) is 2.68. The van der Waals surface area contributed by atoms with Crippen molar-refractivity contribution in [3.63, 3.8) is 0 Å². The predicted molar refractivity (Wildman–Crippen MR) is 110 cm³/mol. The highest BCUT2D eigenvalue weighted by molar-refractivity contribution is 5.87. The van der Waals surface area contributed by atoms with E-state index < -0.39 is 0 Å². The van der Waals surface area contributed by atoms with E-state index in [1.165, 1.54) is 45.4 Å². The molecule has 0 atom stereocenters. The second kappa shape index (κ2) is 8.16. The van der Waals surface area contributed by atoms with Gasteiger partial charge in [0.25, 0.3) is 0 Å². The van der Waals surface area contributed by atoms with Crippen LogP contribution in [0.2, 0.25) is 0 Å². The minimum Gasteiger partial charge on any atom is -0.0651 e. The molecule has 0 aliphatic rings. The molecule has 3 aromatic rings. The Morgan fingerprint density at radius 3 is 2.04 bits per heavy atom. The molecule has 0 aliphatic heterocycles. The highest BCUT2D eigenvalue weighted by Crippen LogP contribution is 2.38. The lowest BCUT2D eigenvalue weighted by Crippen LogP contribution is -1.99. The van der Waals surface area contributed by atoms with E-state index >= 15 is 0 Å². The first-order valence-corrected chi connectivity index (χ1v) is 9.57. The normalized spacial score (nSPS) is 10.8. The maximum atomic E-state index is 2.43. The fourth-order valence-corrected chi connectivity index (χ4v) is 3.67. The molecule has 0 fully saturated rings. The number of aryl methyl sites for hydroxylation is 3. The van der Waals surface area contributed by atoms with Gasteiger partial charge in [-0.1, -0.05) is 93.9 Å². The van der Waals surface area contributed by atoms with Crippen LogP contribution in [0.25, 0.3) is 22.3 Å². The predicted octanol–water partition coefficient (Wildman–Crippen LogP) is 7.10. The third kappa shape index (κ3) is 3.69. The second-order valence-electron chi connectivity index (χ2n) is 6.66. The standard InChI is InChI=1S/C25H28/c1-4-12-22-17-19(5-2)18-24(21-14-8-7-9-15-21)25(22)23-16-11-10-13-20(23)6-3/h7-11,13-18H,4-6,12H2,1-3H3. The van der Waals surface area contributed by atoms with Crippen LogP contribution in [0.5, 0.6) is 0 Å². The molecule has 0 unspecified atom stereocenters. The van der Waals surface area contributed by atoms with Crippen LogP contribution in [-0.4, -0.2) is 0 Å². The van der Waals surface area contributed by atoms with E-state index in [9.17, 15) is 0 Å². The van der Waals surface area contributed by atoms with Crippen molar-refractivity contribution in [2.24, 2.45) is 0 Å². The van der Waals surface area contributed by atoms with Crippen LogP contribution in [0.15, 0.2) is 66.7 Å². The van der Waals surface area contributed by atoms with Gasteiger partial charge in [0.2, 0.25) is 0 Å². The SMILES string of the molecule is CCCc1cc(CC)cc(-c2ccccc2)c1-c1ccccc1CC. The molecule has 3 aromatic carbocycles. The molecule has 0 radical (unpaired) electrons. The van der Waals surface area contributed by atoms with E-state index in [4.69, 9.17) is 0 Å². The van der Waals surface area contributed by atoms with E-state index in [-0.39, 0.29) is 0 Å². The number of hydrogen-bond donors (Lipinski definition) is 0. The summed E-state index contributed by atoms with van der Waals surface area (Å²) in [6.45, 7) is 6.77. The molecule has 0 amide bonds. The van der Waals surface area contributed by atoms with Crippen molar-refractivity contribution in [2.45, 2.75) is 46.5 Å². The minimum atomic E-state index is 1.06. The van der Waals surface area contributed by atoms with Gasteiger partial charge < -0.3 is 0 Å². The molecule has 0 spiro atoms. The Kier molecular flexibility index (Phi) is 5.71. The second-order valence-corrected chi connectivity index (χ2v) is 6.66. The van der Waals surface area contributed by atoms with Crippen molar-refractivity contribution in [3.05, 3.63) is 83.4 Å². The Morgan fingerprint density at radius 1 is 0.640 bits per heavy atom. The quantitative estimate of drug-likeness (QED) is 0.453. The lowest BCUT2D eigenvalue weighted by molar-refractivity contribution is 0.919. The molecule has 0 heterocycles. The minimum absolute atomic E-state index is 1.06. The van der Waals surface area contributed by atoms with Gasteiger partial charge in [0, 0.05) is 0 Å². The molecule has 0 saturated heterocycles. The number of rotatable bonds is 6. The van der Waals surface area contributed by atoms with Crippen molar-refractivity contribution in [1.82, 2.24) is 0 Å². The molecule has 0 saturated carbocycles. The van der Waals surface area contributed by atoms with Gasteiger partial charge in [0.15, 0.2) is 0 Å². The van der Waals surface area contributed by atoms with Gasteiger partial charge in [0.1, 0.15) is 0 Å². The highest BCUT2D eigenvalue weighted by atomic mass is 14.2. The molecule has 25 heavy (non-hydrogen) atoms. The largest absolute Gasteiger partial charge is 0.0651 e. The Bertz CT molecular complexity index is 828. The molecule has 0 bridgehead atoms. The van der Waals surface area contributed by atoms with E-state index in [2.05, 4.69) is 87.5 Å². The van der Waals surface area contributed by atoms with Gasteiger partial charge in [-0.3, -0.25) is 0 Å². The van der Waals surface area contributed by atoms with Crippen molar-refractivity contribution in [1.29, 1.82) is 0 Å². The van der Waals surface area contributed by atoms with Gasteiger partial charge in [-0.05, 0) is 58.2 Å². The van der Waals surface area contributed by atoms with Gasteiger partial charge in [-0.2, -0.15) is 0 Å². The van der Waals surface area contributed by atoms with Crippen molar-refractivity contribution in [2.75, 3.05) is 0 Å². The first-order chi connectivity index (χ1) is 12.3. The van der Waals surface area contributed by atoms with Gasteiger partial charge in [-0.25, -0.2) is 0 Å². The van der Waals surface area contributed by atoms with Gasteiger partial charge >= 0.3 is 0 Å². The monoisotopic (exact) mass is 328 g/mol. The van der Waals surface area contributed by atoms with Crippen LogP contribution in [0.4, 0.5) is 0 Å². The zero-order valence-corrected chi connectivity index (χ0v) is 15.7. The first kappa shape index (κ1) is 17.5. The van der Waals surface area contributed by atoms with Crippen LogP contribution in [-0.2, 0) is 19.3 Å². The molecule has 128 valence electrons. The summed E-state index contributed by atoms with van der Waals surface area (Å²) in [5.74, 6) is 0. The molecule has 3 rings (SSSR count). The van der Waals surface area contributed by atoms with Crippen LogP contribution in [0.1, 0.15) is 43.9 Å². The average molecular weight is 328 g/mol. The summed E-state index contributed by atoms with van der Waals surface area (Å²) in [5.41, 5.74) is 9.88. The maximum absolute atomic E-state index is 2.43. The Hall–Kier alpha value is -2.34. The highest BCUT2D eigenvalue weighted by Gasteiger charge is 2.16. The van der Waals surface area contributed by atoms with Crippen LogP contribution in [0, 0.1) is 0 Å². The fourth-order valence-electron chi connectivity index (χ4n) is 3.67. The van der Waals surface area contributed by atoms with Crippen molar-refractivity contribution >= 4 is 0 Å². The lowest BCUT2D eigenvalue weighted by Gasteiger charge is -2.20. The third-order valence-electron chi connectivity index (χ3n) is 4.96. The molecule has 0 nitrogen and oxygen atoms in total. The topological polar surface area (TPSA) is 0 Å². The molecule has 0 N–H and O–H groups in total. The van der Waals surface area contributed by atoms with Crippen molar-refractivity contribution in [3.8, 4) is 22.3 Å². The third-order valence-corrected chi connectivity index (χ3v) is 4.96. The number of hydrogen-bond acceptors (Lipinski definition) is 0. The van der Waals surface area contributed by atoms with Gasteiger partial charge in [-0.15, -0.1) is 0 Å². The summed E-state index contributed by atoms with van der Waals surface area (Å²) in [7, 11) is 0. The zero-order valence-electron chi connectivity index (χ0n) is 15.7. The molecular weight excluding hydrogens is 300 g/mol. The first-order valence-electron chi connectivity index (χ1n) is 9.57. The molecule has 0 heteroatoms. The summed E-state index contributed by atoms with van der Waals surface area (Å²) in [5, 5.41) is 0. The molecular formula is C25H28. The van der Waals surface area contributed by atoms with Crippen molar-refractivity contribution < 1.29 is 0 Å². The van der Waals surface area contributed by atoms with Crippen LogP contribution >= 0.6 is 0 Å². The Morgan fingerprint density at radius 2 is 1.36 bits per heavy atom. The van der Waals surface area contributed by atoms with Crippen LogP contribution in [0.3, 0.4) is 0 Å². The summed E-state index contributed by atoms with van der Waals surface area (Å²) >= 11 is 0. The smallest absolute Gasteiger partial charge is 0.00703 e. The lowest BCUT2D eigenvalue weighted by atomic mass is 9.84. The Balaban J connectivity index is 2.34. The zero-order chi connectivity index (χ0) is 17.6. The fraction of sp³-hybridized carbons (Fsp3) is 0.280. The molecule has 0 aromatic heterocycles. The summed E-state index contributed by atoms with van der Waals surface area (Å²) < 4.78 is 0. The maximum Gasteiger partial charge on any atom is -0.00703 e. The van der Waals surface area contributed by atoms with Gasteiger partial charge in [0.05, 0.1) is 0 Å². The summed E-state index contributed by atoms with van der Waals surface area (Å²) in [6, 6.07) is 24.6. The van der Waals surface area contributed by atoms with E-state index in [1.807, 2.05) is 0 Å². The summed E-state index contributed by atoms with van der Waals surface area (Å²) in [6.07, 6.45) is 4.43. The van der Waals surface area contributed by atoms with E-state index in [0.29, 0.717) is 0 Å². The van der Waals surface area contributed by atoms with Crippen LogP contribution < -0.4 is 0 Å². The Labute approximate surface area is 152 Å². The summed E-state index contributed by atoms with van der Waals surface area (Å²) in [4.78, 5) is 0. The van der Waals surface area contributed by atoms with E-state index in [0.717, 1.165) is 19.3 Å². The molecule has 0 aliphatic carbocycles. The number of benzene rings is 3.